The van der Waals surface area contributed by atoms with E-state index >= 15 is 0 Å². The highest BCUT2D eigenvalue weighted by molar-refractivity contribution is 9.10. The van der Waals surface area contributed by atoms with Gasteiger partial charge in [-0.2, -0.15) is 0 Å². The van der Waals surface area contributed by atoms with Crippen LogP contribution >= 0.6 is 15.9 Å². The van der Waals surface area contributed by atoms with Gasteiger partial charge >= 0.3 is 0 Å². The number of carbonyl (C=O) groups is 1. The second-order valence-electron chi connectivity index (χ2n) is 5.58. The van der Waals surface area contributed by atoms with Crippen molar-refractivity contribution in [2.45, 2.75) is 45.1 Å². The first-order valence-electron chi connectivity index (χ1n) is 7.24. The number of rotatable bonds is 3. The molecule has 0 bridgehead atoms. The van der Waals surface area contributed by atoms with Crippen LogP contribution in [0, 0.1) is 5.92 Å². The van der Waals surface area contributed by atoms with Gasteiger partial charge in [0.2, 0.25) is 0 Å². The molecule has 20 heavy (non-hydrogen) atoms. The smallest absolute Gasteiger partial charge is 0.255 e. The van der Waals surface area contributed by atoms with E-state index in [0.29, 0.717) is 11.4 Å². The first-order chi connectivity index (χ1) is 9.60. The molecule has 110 valence electrons. The minimum Gasteiger partial charge on any atom is -0.372 e. The minimum atomic E-state index is -0.0392. The topological polar surface area (TPSA) is 54.0 Å². The lowest BCUT2D eigenvalue weighted by atomic mass is 10.0. The van der Waals surface area contributed by atoms with Crippen molar-refractivity contribution in [2.75, 3.05) is 12.4 Å². The Kier molecular flexibility index (Phi) is 5.40. The summed E-state index contributed by atoms with van der Waals surface area (Å²) in [5.41, 5.74) is 0.596. The van der Waals surface area contributed by atoms with Crippen LogP contribution in [-0.2, 0) is 0 Å². The fourth-order valence-electron chi connectivity index (χ4n) is 2.71. The van der Waals surface area contributed by atoms with E-state index in [2.05, 4.69) is 38.5 Å². The van der Waals surface area contributed by atoms with Crippen LogP contribution in [0.1, 0.15) is 49.4 Å². The summed E-state index contributed by atoms with van der Waals surface area (Å²) in [7, 11) is 1.78. The summed E-state index contributed by atoms with van der Waals surface area (Å²) in [4.78, 5) is 16.6. The molecule has 0 saturated heterocycles. The van der Waals surface area contributed by atoms with Crippen LogP contribution in [0.4, 0.5) is 5.82 Å². The zero-order valence-corrected chi connectivity index (χ0v) is 13.7. The van der Waals surface area contributed by atoms with Crippen molar-refractivity contribution >= 4 is 27.7 Å². The number of carbonyl (C=O) groups excluding carboxylic acids is 1. The van der Waals surface area contributed by atoms with Crippen molar-refractivity contribution < 1.29 is 4.79 Å². The molecule has 2 unspecified atom stereocenters. The maximum absolute atomic E-state index is 12.4. The van der Waals surface area contributed by atoms with Crippen molar-refractivity contribution in [1.82, 2.24) is 10.3 Å². The van der Waals surface area contributed by atoms with E-state index in [4.69, 9.17) is 0 Å². The number of pyridine rings is 1. The predicted octanol–water partition coefficient (Wildman–Crippen LogP) is 3.58. The van der Waals surface area contributed by atoms with E-state index < -0.39 is 0 Å². The van der Waals surface area contributed by atoms with Gasteiger partial charge in [0.15, 0.2) is 0 Å². The van der Waals surface area contributed by atoms with Crippen molar-refractivity contribution in [3.05, 3.63) is 22.3 Å². The van der Waals surface area contributed by atoms with Crippen molar-refractivity contribution in [2.24, 2.45) is 5.92 Å². The Labute approximate surface area is 128 Å². The lowest BCUT2D eigenvalue weighted by molar-refractivity contribution is 0.0933. The van der Waals surface area contributed by atoms with Gasteiger partial charge in [0.1, 0.15) is 5.82 Å². The van der Waals surface area contributed by atoms with Crippen LogP contribution in [0.15, 0.2) is 16.7 Å². The van der Waals surface area contributed by atoms with E-state index in [1.165, 1.54) is 19.3 Å². The van der Waals surface area contributed by atoms with Gasteiger partial charge in [-0.15, -0.1) is 0 Å². The maximum Gasteiger partial charge on any atom is 0.255 e. The quantitative estimate of drug-likeness (QED) is 0.827. The molecule has 1 saturated carbocycles. The van der Waals surface area contributed by atoms with E-state index in [1.54, 1.807) is 13.2 Å². The monoisotopic (exact) mass is 339 g/mol. The van der Waals surface area contributed by atoms with Gasteiger partial charge in [0, 0.05) is 23.8 Å². The van der Waals surface area contributed by atoms with Gasteiger partial charge in [0.25, 0.3) is 5.91 Å². The van der Waals surface area contributed by atoms with Crippen LogP contribution in [0.25, 0.3) is 0 Å². The molecule has 2 atom stereocenters. The number of nitrogens with zero attached hydrogens (tertiary/aromatic N) is 1. The maximum atomic E-state index is 12.4. The summed E-state index contributed by atoms with van der Waals surface area (Å²) in [6.45, 7) is 2.29. The van der Waals surface area contributed by atoms with Gasteiger partial charge in [-0.3, -0.25) is 4.79 Å². The van der Waals surface area contributed by atoms with Gasteiger partial charge in [0.05, 0.1) is 5.56 Å². The molecule has 0 spiro atoms. The number of hydrogen-bond acceptors (Lipinski definition) is 3. The molecule has 2 rings (SSSR count). The Bertz CT molecular complexity index is 478. The molecule has 1 heterocycles. The highest BCUT2D eigenvalue weighted by atomic mass is 79.9. The molecule has 1 aliphatic carbocycles. The van der Waals surface area contributed by atoms with Crippen LogP contribution < -0.4 is 10.6 Å². The molecule has 1 amide bonds. The normalized spacial score (nSPS) is 22.9. The number of halogens is 1. The molecule has 1 aromatic rings. The summed E-state index contributed by atoms with van der Waals surface area (Å²) in [5, 5.41) is 6.13. The molecular weight excluding hydrogens is 318 g/mol. The summed E-state index contributed by atoms with van der Waals surface area (Å²) in [6.07, 6.45) is 7.50. The number of anilines is 1. The number of aromatic nitrogens is 1. The molecule has 0 radical (unpaired) electrons. The lowest BCUT2D eigenvalue weighted by Crippen LogP contribution is -2.35. The zero-order valence-electron chi connectivity index (χ0n) is 12.1. The second kappa shape index (κ2) is 7.07. The van der Waals surface area contributed by atoms with E-state index in [0.717, 1.165) is 23.2 Å². The summed E-state index contributed by atoms with van der Waals surface area (Å²) >= 11 is 3.37. The van der Waals surface area contributed by atoms with Crippen LogP contribution in [0.2, 0.25) is 0 Å². The van der Waals surface area contributed by atoms with Gasteiger partial charge < -0.3 is 10.6 Å². The molecular formula is C15H22BrN3O. The Balaban J connectivity index is 2.06. The Morgan fingerprint density at radius 2 is 2.15 bits per heavy atom. The molecule has 0 aliphatic heterocycles. The minimum absolute atomic E-state index is 0.0392. The molecule has 0 aromatic carbocycles. The van der Waals surface area contributed by atoms with Crippen LogP contribution in [0.3, 0.4) is 0 Å². The highest BCUT2D eigenvalue weighted by Gasteiger charge is 2.20. The number of amides is 1. The predicted molar refractivity (Wildman–Crippen MR) is 85.0 cm³/mol. The van der Waals surface area contributed by atoms with E-state index in [9.17, 15) is 4.79 Å². The molecule has 1 aliphatic rings. The van der Waals surface area contributed by atoms with E-state index in [1.807, 2.05) is 6.07 Å². The lowest BCUT2D eigenvalue weighted by Gasteiger charge is -2.17. The van der Waals surface area contributed by atoms with Crippen molar-refractivity contribution in [1.29, 1.82) is 0 Å². The molecule has 5 heteroatoms. The molecule has 1 fully saturated rings. The number of hydrogen-bond donors (Lipinski definition) is 2. The van der Waals surface area contributed by atoms with Crippen LogP contribution in [0.5, 0.6) is 0 Å². The summed E-state index contributed by atoms with van der Waals surface area (Å²) < 4.78 is 0.816. The average molecular weight is 340 g/mol. The van der Waals surface area contributed by atoms with Crippen LogP contribution in [-0.4, -0.2) is 24.0 Å². The van der Waals surface area contributed by atoms with E-state index in [-0.39, 0.29) is 11.9 Å². The fourth-order valence-corrected chi connectivity index (χ4v) is 3.04. The summed E-state index contributed by atoms with van der Waals surface area (Å²) in [6, 6.07) is 2.10. The zero-order chi connectivity index (χ0) is 14.5. The average Bonchev–Trinajstić information content (AvgIpc) is 2.63. The Hall–Kier alpha value is -1.10. The van der Waals surface area contributed by atoms with Gasteiger partial charge in [-0.1, -0.05) is 19.8 Å². The summed E-state index contributed by atoms with van der Waals surface area (Å²) in [5.74, 6) is 1.35. The van der Waals surface area contributed by atoms with Gasteiger partial charge in [-0.25, -0.2) is 4.98 Å². The first-order valence-corrected chi connectivity index (χ1v) is 8.03. The number of nitrogens with one attached hydrogen (secondary N) is 2. The third kappa shape index (κ3) is 3.95. The Morgan fingerprint density at radius 3 is 2.90 bits per heavy atom. The third-order valence-electron chi connectivity index (χ3n) is 3.93. The molecule has 2 N–H and O–H groups in total. The van der Waals surface area contributed by atoms with Crippen molar-refractivity contribution in [3.8, 4) is 0 Å². The van der Waals surface area contributed by atoms with Crippen molar-refractivity contribution in [3.63, 3.8) is 0 Å². The fraction of sp³-hybridized carbons (Fsp3) is 0.600. The third-order valence-corrected chi connectivity index (χ3v) is 4.36. The largest absolute Gasteiger partial charge is 0.372 e. The first kappa shape index (κ1) is 15.3. The molecule has 4 nitrogen and oxygen atoms in total. The Morgan fingerprint density at radius 1 is 1.35 bits per heavy atom. The second-order valence-corrected chi connectivity index (χ2v) is 6.50. The highest BCUT2D eigenvalue weighted by Crippen LogP contribution is 2.23. The standard InChI is InChI=1S/C15H22BrN3O/c1-10-4-3-5-12(7-6-10)19-15(20)13-8-11(16)9-18-14(13)17-2/h8-10,12H,3-7H2,1-2H3,(H,17,18)(H,19,20). The SMILES string of the molecule is CNc1ncc(Br)cc1C(=O)NC1CCCC(C)CC1. The van der Waals surface area contributed by atoms with Gasteiger partial charge in [-0.05, 0) is 47.2 Å². The molecule has 1 aromatic heterocycles.